The second-order valence-corrected chi connectivity index (χ2v) is 15.7. The lowest BCUT2D eigenvalue weighted by atomic mass is 9.68. The summed E-state index contributed by atoms with van der Waals surface area (Å²) in [6.07, 6.45) is 2.96. The third-order valence-corrected chi connectivity index (χ3v) is 13.0. The van der Waals surface area contributed by atoms with Gasteiger partial charge in [0.25, 0.3) is 0 Å². The number of piperidine rings is 2. The van der Waals surface area contributed by atoms with Crippen LogP contribution in [0, 0.1) is 47.3 Å². The summed E-state index contributed by atoms with van der Waals surface area (Å²) in [6, 6.07) is 4.22. The van der Waals surface area contributed by atoms with Gasteiger partial charge in [0.1, 0.15) is 23.4 Å². The second-order valence-electron chi connectivity index (χ2n) is 15.7. The van der Waals surface area contributed by atoms with E-state index in [9.17, 15) is 25.5 Å². The number of fused-ring (bicyclic) bond motifs is 3. The van der Waals surface area contributed by atoms with Crippen molar-refractivity contribution in [3.63, 3.8) is 0 Å². The number of ether oxygens (including phenoxy) is 1. The van der Waals surface area contributed by atoms with Crippen LogP contribution in [0.15, 0.2) is 18.2 Å². The molecule has 2 saturated carbocycles. The molecule has 0 amide bonds. The average molecular weight is 621 g/mol. The van der Waals surface area contributed by atoms with Gasteiger partial charge in [-0.05, 0) is 92.0 Å². The molecular weight excluding hydrogens is 568 g/mol. The molecule has 3 aliphatic heterocycles. The molecule has 8 heteroatoms. The van der Waals surface area contributed by atoms with Crippen molar-refractivity contribution in [1.29, 1.82) is 0 Å². The summed E-state index contributed by atoms with van der Waals surface area (Å²) >= 11 is 0. The number of benzene rings is 2. The summed E-state index contributed by atoms with van der Waals surface area (Å²) in [5.74, 6) is 3.84. The maximum Gasteiger partial charge on any atom is 0.157 e. The van der Waals surface area contributed by atoms with Gasteiger partial charge in [-0.25, -0.2) is 0 Å². The first-order valence-corrected chi connectivity index (χ1v) is 17.3. The van der Waals surface area contributed by atoms with E-state index in [4.69, 9.17) is 4.74 Å². The Labute approximate surface area is 267 Å². The second kappa shape index (κ2) is 11.2. The van der Waals surface area contributed by atoms with Crippen molar-refractivity contribution in [3.05, 3.63) is 40.5 Å². The van der Waals surface area contributed by atoms with Crippen molar-refractivity contribution in [2.75, 3.05) is 27.2 Å². The van der Waals surface area contributed by atoms with Gasteiger partial charge in [-0.15, -0.1) is 0 Å². The maximum atomic E-state index is 12.7. The number of hydrogen-bond acceptors (Lipinski definition) is 8. The Balaban J connectivity index is 1.44. The van der Waals surface area contributed by atoms with Crippen LogP contribution in [0.4, 0.5) is 0 Å². The molecule has 8 nitrogen and oxygen atoms in total. The number of rotatable bonds is 3. The van der Waals surface area contributed by atoms with Gasteiger partial charge >= 0.3 is 0 Å². The first-order valence-electron chi connectivity index (χ1n) is 17.3. The molecule has 0 spiro atoms. The molecule has 2 aromatic carbocycles. The number of aliphatic hydroxyl groups is 1. The van der Waals surface area contributed by atoms with Gasteiger partial charge < -0.3 is 30.3 Å². The molecular formula is C37H52N2O6. The monoisotopic (exact) mass is 620 g/mol. The summed E-state index contributed by atoms with van der Waals surface area (Å²) in [4.78, 5) is 4.72. The van der Waals surface area contributed by atoms with E-state index in [1.807, 2.05) is 0 Å². The Morgan fingerprint density at radius 2 is 1.24 bits per heavy atom. The third-order valence-electron chi connectivity index (χ3n) is 13.0. The summed E-state index contributed by atoms with van der Waals surface area (Å²) in [5, 5.41) is 56.7. The first kappa shape index (κ1) is 30.9. The number of aliphatic hydroxyl groups excluding tert-OH is 1. The highest BCUT2D eigenvalue weighted by Gasteiger charge is 2.53. The first-order chi connectivity index (χ1) is 21.4. The van der Waals surface area contributed by atoms with Crippen molar-refractivity contribution in [2.45, 2.75) is 84.1 Å². The molecule has 2 aliphatic carbocycles. The molecule has 0 radical (unpaired) electrons. The van der Waals surface area contributed by atoms with Crippen molar-refractivity contribution in [3.8, 4) is 28.7 Å². The van der Waals surface area contributed by atoms with E-state index in [-0.39, 0.29) is 41.5 Å². The number of phenolic OH excluding ortho intramolecular Hbond substituents is 4. The smallest absolute Gasteiger partial charge is 0.157 e. The van der Waals surface area contributed by atoms with Crippen molar-refractivity contribution < 1.29 is 30.3 Å². The molecule has 12 atom stereocenters. The number of aromatic hydroxyl groups is 4. The van der Waals surface area contributed by atoms with Gasteiger partial charge in [-0.1, -0.05) is 46.6 Å². The molecule has 2 aromatic rings. The van der Waals surface area contributed by atoms with E-state index >= 15 is 0 Å². The van der Waals surface area contributed by atoms with E-state index < -0.39 is 12.2 Å². The van der Waals surface area contributed by atoms with Crippen LogP contribution in [0.3, 0.4) is 0 Å². The van der Waals surface area contributed by atoms with Crippen molar-refractivity contribution in [1.82, 2.24) is 9.80 Å². The van der Waals surface area contributed by atoms with Crippen LogP contribution in [0.5, 0.6) is 28.7 Å². The van der Waals surface area contributed by atoms with Crippen LogP contribution >= 0.6 is 0 Å². The Morgan fingerprint density at radius 3 is 1.80 bits per heavy atom. The van der Waals surface area contributed by atoms with Gasteiger partial charge in [0.05, 0.1) is 17.2 Å². The van der Waals surface area contributed by atoms with Crippen LogP contribution in [-0.2, 0) is 6.42 Å². The van der Waals surface area contributed by atoms with Crippen LogP contribution in [0.2, 0.25) is 0 Å². The minimum atomic E-state index is -0.998. The molecule has 246 valence electrons. The summed E-state index contributed by atoms with van der Waals surface area (Å²) in [5.41, 5.74) is 2.43. The van der Waals surface area contributed by atoms with E-state index in [0.717, 1.165) is 31.5 Å². The quantitative estimate of drug-likeness (QED) is 0.261. The summed E-state index contributed by atoms with van der Waals surface area (Å²) in [6.45, 7) is 11.2. The lowest BCUT2D eigenvalue weighted by Gasteiger charge is -2.49. The standard InChI is InChI=1S/C37H52N2O6/c1-17-7-10-22-19(3)15-38(5)32(28(17)22)30-34(43)24-14-27(42)36(21-9-12-25(40)26(41)13-21)45-37(24)31(35(30)44)33-29-18(2)8-11-23(29)20(4)16-39(33)6/h9,12-13,17-20,22-23,27-29,32-33,36,40-44H,7-8,10-11,14-16H2,1-6H3/t17-,18-,19-,20-,22+,23+,27-,28+,29+,32+,33+,36+/m0/s1. The Bertz CT molecular complexity index is 1460. The average Bonchev–Trinajstić information content (AvgIpc) is 3.57. The van der Waals surface area contributed by atoms with Gasteiger partial charge in [0.2, 0.25) is 0 Å². The Morgan fingerprint density at radius 1 is 0.689 bits per heavy atom. The number of hydrogen-bond donors (Lipinski definition) is 5. The Hall–Kier alpha value is -2.68. The lowest BCUT2D eigenvalue weighted by Crippen LogP contribution is -2.47. The highest BCUT2D eigenvalue weighted by atomic mass is 16.5. The number of likely N-dealkylation sites (tertiary alicyclic amines) is 2. The van der Waals surface area contributed by atoms with Crippen molar-refractivity contribution in [2.24, 2.45) is 47.3 Å². The molecule has 4 fully saturated rings. The largest absolute Gasteiger partial charge is 0.507 e. The lowest BCUT2D eigenvalue weighted by molar-refractivity contribution is 0.00396. The zero-order valence-electron chi connectivity index (χ0n) is 27.6. The molecule has 0 bridgehead atoms. The van der Waals surface area contributed by atoms with Crippen LogP contribution in [0.1, 0.15) is 93.8 Å². The molecule has 0 aromatic heterocycles. The zero-order valence-corrected chi connectivity index (χ0v) is 27.6. The van der Waals surface area contributed by atoms with E-state index in [0.29, 0.717) is 69.8 Å². The highest BCUT2D eigenvalue weighted by Crippen LogP contribution is 2.62. The Kier molecular flexibility index (Phi) is 7.73. The fourth-order valence-electron chi connectivity index (χ4n) is 11.0. The van der Waals surface area contributed by atoms with Gasteiger partial charge in [0.15, 0.2) is 11.5 Å². The highest BCUT2D eigenvalue weighted by molar-refractivity contribution is 5.65. The number of nitrogens with zero attached hydrogens (tertiary/aromatic N) is 2. The minimum absolute atomic E-state index is 0.0457. The number of phenols is 4. The third kappa shape index (κ3) is 4.72. The van der Waals surface area contributed by atoms with Crippen LogP contribution in [-0.4, -0.2) is 68.6 Å². The van der Waals surface area contributed by atoms with Gasteiger partial charge in [-0.2, -0.15) is 0 Å². The SMILES string of the molecule is C[C@H]1CN(C)[C@@H](c2c(O)c3c(c([C@H]4[C@H]5[C@H](CC[C@@H]5C)[C@@H](C)CN4C)c2O)O[C@H](c2ccc(O)c(O)c2)[C@@H](O)C3)[C@H]2[C@@H]1CC[C@@H]2C. The molecule has 5 aliphatic rings. The maximum absolute atomic E-state index is 12.7. The summed E-state index contributed by atoms with van der Waals surface area (Å²) in [7, 11) is 4.28. The molecule has 45 heavy (non-hydrogen) atoms. The normalized spacial score (nSPS) is 40.1. The van der Waals surface area contributed by atoms with Gasteiger partial charge in [-0.3, -0.25) is 9.80 Å². The molecule has 0 unspecified atom stereocenters. The van der Waals surface area contributed by atoms with E-state index in [2.05, 4.69) is 51.6 Å². The minimum Gasteiger partial charge on any atom is -0.507 e. The van der Waals surface area contributed by atoms with Crippen molar-refractivity contribution >= 4 is 0 Å². The molecule has 2 saturated heterocycles. The fraction of sp³-hybridized carbons (Fsp3) is 0.676. The summed E-state index contributed by atoms with van der Waals surface area (Å²) < 4.78 is 6.72. The van der Waals surface area contributed by atoms with E-state index in [1.165, 1.54) is 25.0 Å². The van der Waals surface area contributed by atoms with E-state index in [1.54, 1.807) is 6.07 Å². The predicted molar refractivity (Wildman–Crippen MR) is 172 cm³/mol. The topological polar surface area (TPSA) is 117 Å². The van der Waals surface area contributed by atoms with Crippen LogP contribution in [0.25, 0.3) is 0 Å². The molecule has 7 rings (SSSR count). The molecule has 3 heterocycles. The van der Waals surface area contributed by atoms with Gasteiger partial charge in [0, 0.05) is 37.2 Å². The zero-order chi connectivity index (χ0) is 32.1. The molecule has 5 N–H and O–H groups in total. The van der Waals surface area contributed by atoms with Crippen LogP contribution < -0.4 is 4.74 Å². The predicted octanol–water partition coefficient (Wildman–Crippen LogP) is 6.12. The fourth-order valence-corrected chi connectivity index (χ4v) is 11.0.